The van der Waals surface area contributed by atoms with Gasteiger partial charge in [-0.15, -0.1) is 0 Å². The van der Waals surface area contributed by atoms with Crippen LogP contribution in [0.3, 0.4) is 0 Å². The number of para-hydroxylation sites is 1. The molecule has 0 saturated heterocycles. The minimum absolute atomic E-state index is 0.295. The van der Waals surface area contributed by atoms with E-state index in [1.54, 1.807) is 30.3 Å². The maximum atomic E-state index is 13.4. The molecule has 0 fully saturated rings. The van der Waals surface area contributed by atoms with Crippen LogP contribution in [0.25, 0.3) is 0 Å². The van der Waals surface area contributed by atoms with Crippen LogP contribution in [0.2, 0.25) is 0 Å². The number of methoxy groups -OCH3 is 1. The van der Waals surface area contributed by atoms with Gasteiger partial charge in [-0.2, -0.15) is 5.26 Å². The Kier molecular flexibility index (Phi) is 3.99. The molecule has 96 valence electrons. The highest BCUT2D eigenvalue weighted by molar-refractivity contribution is 5.48. The lowest BCUT2D eigenvalue weighted by molar-refractivity contribution is 0.413. The van der Waals surface area contributed by atoms with Crippen LogP contribution in [0.5, 0.6) is 5.75 Å². The zero-order chi connectivity index (χ0) is 13.7. The van der Waals surface area contributed by atoms with Gasteiger partial charge in [-0.25, -0.2) is 4.39 Å². The molecule has 0 radical (unpaired) electrons. The number of nitriles is 1. The molecule has 0 atom stereocenters. The minimum Gasteiger partial charge on any atom is -0.495 e. The molecule has 0 spiro atoms. The van der Waals surface area contributed by atoms with Gasteiger partial charge in [0.05, 0.1) is 18.4 Å². The molecule has 0 aliphatic carbocycles. The van der Waals surface area contributed by atoms with Crippen LogP contribution in [-0.2, 0) is 6.54 Å². The van der Waals surface area contributed by atoms with E-state index in [9.17, 15) is 4.39 Å². The smallest absolute Gasteiger partial charge is 0.146 e. The highest BCUT2D eigenvalue weighted by Gasteiger charge is 2.04. The molecule has 19 heavy (non-hydrogen) atoms. The summed E-state index contributed by atoms with van der Waals surface area (Å²) in [7, 11) is 1.52. The fraction of sp³-hybridized carbons (Fsp3) is 0.133. The number of ether oxygens (including phenoxy) is 1. The fourth-order valence-corrected chi connectivity index (χ4v) is 1.75. The van der Waals surface area contributed by atoms with Gasteiger partial charge in [0.1, 0.15) is 17.6 Å². The summed E-state index contributed by atoms with van der Waals surface area (Å²) in [5.74, 6) is 0.244. The van der Waals surface area contributed by atoms with E-state index in [2.05, 4.69) is 11.4 Å². The second-order valence-corrected chi connectivity index (χ2v) is 3.98. The molecule has 1 N–H and O–H groups in total. The normalized spacial score (nSPS) is 9.74. The van der Waals surface area contributed by atoms with Crippen LogP contribution in [0.1, 0.15) is 11.1 Å². The largest absolute Gasteiger partial charge is 0.495 e. The van der Waals surface area contributed by atoms with E-state index in [1.807, 2.05) is 6.07 Å². The van der Waals surface area contributed by atoms with E-state index < -0.39 is 0 Å². The molecule has 0 bridgehead atoms. The summed E-state index contributed by atoms with van der Waals surface area (Å²) in [5, 5.41) is 12.0. The fourth-order valence-electron chi connectivity index (χ4n) is 1.75. The van der Waals surface area contributed by atoms with Crippen LogP contribution in [0.15, 0.2) is 42.5 Å². The first-order valence-electron chi connectivity index (χ1n) is 5.80. The number of nitrogens with zero attached hydrogens (tertiary/aromatic N) is 1. The lowest BCUT2D eigenvalue weighted by atomic mass is 10.1. The molecule has 2 aromatic carbocycles. The van der Waals surface area contributed by atoms with E-state index in [0.717, 1.165) is 5.56 Å². The van der Waals surface area contributed by atoms with Crippen molar-refractivity contribution in [2.75, 3.05) is 12.4 Å². The van der Waals surface area contributed by atoms with Gasteiger partial charge in [0.25, 0.3) is 0 Å². The van der Waals surface area contributed by atoms with Crippen molar-refractivity contribution in [3.63, 3.8) is 0 Å². The van der Waals surface area contributed by atoms with Crippen molar-refractivity contribution in [3.05, 3.63) is 59.4 Å². The first-order chi connectivity index (χ1) is 9.24. The topological polar surface area (TPSA) is 45.0 Å². The van der Waals surface area contributed by atoms with E-state index in [-0.39, 0.29) is 5.82 Å². The average molecular weight is 256 g/mol. The summed E-state index contributed by atoms with van der Waals surface area (Å²) in [6.45, 7) is 0.444. The van der Waals surface area contributed by atoms with Gasteiger partial charge >= 0.3 is 0 Å². The lowest BCUT2D eigenvalue weighted by Crippen LogP contribution is -2.02. The van der Waals surface area contributed by atoms with Gasteiger partial charge in [0, 0.05) is 6.54 Å². The standard InChI is InChI=1S/C15H13FN2O/c1-19-15-7-6-11(8-12(15)9-17)10-18-14-5-3-2-4-13(14)16/h2-8,18H,10H2,1H3. The molecular formula is C15H13FN2O. The van der Waals surface area contributed by atoms with Crippen LogP contribution >= 0.6 is 0 Å². The Morgan fingerprint density at radius 2 is 2.05 bits per heavy atom. The number of rotatable bonds is 4. The second-order valence-electron chi connectivity index (χ2n) is 3.98. The van der Waals surface area contributed by atoms with E-state index in [0.29, 0.717) is 23.5 Å². The summed E-state index contributed by atoms with van der Waals surface area (Å²) in [5.41, 5.74) is 1.80. The minimum atomic E-state index is -0.295. The van der Waals surface area contributed by atoms with Crippen molar-refractivity contribution in [2.45, 2.75) is 6.54 Å². The van der Waals surface area contributed by atoms with Crippen LogP contribution in [-0.4, -0.2) is 7.11 Å². The Balaban J connectivity index is 2.13. The number of hydrogen-bond acceptors (Lipinski definition) is 3. The first-order valence-corrected chi connectivity index (χ1v) is 5.80. The van der Waals surface area contributed by atoms with Crippen LogP contribution in [0.4, 0.5) is 10.1 Å². The Labute approximate surface area is 111 Å². The molecule has 0 aliphatic heterocycles. The maximum Gasteiger partial charge on any atom is 0.146 e. The van der Waals surface area contributed by atoms with Gasteiger partial charge in [-0.05, 0) is 29.8 Å². The van der Waals surface area contributed by atoms with E-state index >= 15 is 0 Å². The summed E-state index contributed by atoms with van der Waals surface area (Å²) < 4.78 is 18.5. The first kappa shape index (κ1) is 12.9. The molecule has 0 aromatic heterocycles. The summed E-state index contributed by atoms with van der Waals surface area (Å²) in [4.78, 5) is 0. The highest BCUT2D eigenvalue weighted by atomic mass is 19.1. The number of hydrogen-bond donors (Lipinski definition) is 1. The number of anilines is 1. The molecule has 0 aliphatic rings. The average Bonchev–Trinajstić information content (AvgIpc) is 2.46. The van der Waals surface area contributed by atoms with Crippen molar-refractivity contribution in [3.8, 4) is 11.8 Å². The Bertz CT molecular complexity index is 620. The molecule has 2 rings (SSSR count). The zero-order valence-corrected chi connectivity index (χ0v) is 10.5. The highest BCUT2D eigenvalue weighted by Crippen LogP contribution is 2.20. The van der Waals surface area contributed by atoms with Gasteiger partial charge in [-0.3, -0.25) is 0 Å². The number of halogens is 1. The van der Waals surface area contributed by atoms with Gasteiger partial charge in [0.2, 0.25) is 0 Å². The van der Waals surface area contributed by atoms with Gasteiger partial charge in [0.15, 0.2) is 0 Å². The van der Waals surface area contributed by atoms with Crippen molar-refractivity contribution in [1.29, 1.82) is 5.26 Å². The second kappa shape index (κ2) is 5.87. The molecular weight excluding hydrogens is 243 g/mol. The molecule has 0 heterocycles. The Morgan fingerprint density at radius 3 is 2.74 bits per heavy atom. The third kappa shape index (κ3) is 3.02. The van der Waals surface area contributed by atoms with Crippen molar-refractivity contribution < 1.29 is 9.13 Å². The predicted octanol–water partition coefficient (Wildman–Crippen LogP) is 3.32. The predicted molar refractivity (Wildman–Crippen MR) is 71.4 cm³/mol. The monoisotopic (exact) mass is 256 g/mol. The van der Waals surface area contributed by atoms with Crippen LogP contribution in [0, 0.1) is 17.1 Å². The van der Waals surface area contributed by atoms with Gasteiger partial charge < -0.3 is 10.1 Å². The molecule has 0 saturated carbocycles. The number of benzene rings is 2. The van der Waals surface area contributed by atoms with E-state index in [4.69, 9.17) is 10.00 Å². The van der Waals surface area contributed by atoms with Crippen molar-refractivity contribution in [2.24, 2.45) is 0 Å². The molecule has 4 heteroatoms. The third-order valence-electron chi connectivity index (χ3n) is 2.74. The van der Waals surface area contributed by atoms with Gasteiger partial charge in [-0.1, -0.05) is 18.2 Å². The Hall–Kier alpha value is -2.54. The van der Waals surface area contributed by atoms with E-state index in [1.165, 1.54) is 13.2 Å². The maximum absolute atomic E-state index is 13.4. The molecule has 0 unspecified atom stereocenters. The third-order valence-corrected chi connectivity index (χ3v) is 2.74. The molecule has 2 aromatic rings. The molecule has 0 amide bonds. The zero-order valence-electron chi connectivity index (χ0n) is 10.5. The number of nitrogens with one attached hydrogen (secondary N) is 1. The SMILES string of the molecule is COc1ccc(CNc2ccccc2F)cc1C#N. The lowest BCUT2D eigenvalue weighted by Gasteiger charge is -2.09. The van der Waals surface area contributed by atoms with Crippen LogP contribution < -0.4 is 10.1 Å². The summed E-state index contributed by atoms with van der Waals surface area (Å²) in [6.07, 6.45) is 0. The molecule has 3 nitrogen and oxygen atoms in total. The Morgan fingerprint density at radius 1 is 1.26 bits per heavy atom. The quantitative estimate of drug-likeness (QED) is 0.912. The van der Waals surface area contributed by atoms with Crippen molar-refractivity contribution >= 4 is 5.69 Å². The summed E-state index contributed by atoms with van der Waals surface area (Å²) >= 11 is 0. The summed E-state index contributed by atoms with van der Waals surface area (Å²) in [6, 6.07) is 13.8. The van der Waals surface area contributed by atoms with Crippen molar-refractivity contribution in [1.82, 2.24) is 0 Å².